The summed E-state index contributed by atoms with van der Waals surface area (Å²) < 4.78 is 6.50. The van der Waals surface area contributed by atoms with Crippen LogP contribution in [0.25, 0.3) is 0 Å². The van der Waals surface area contributed by atoms with Crippen molar-refractivity contribution in [2.24, 2.45) is 5.41 Å². The Morgan fingerprint density at radius 1 is 1.38 bits per heavy atom. The van der Waals surface area contributed by atoms with Crippen molar-refractivity contribution in [3.05, 3.63) is 28.2 Å². The van der Waals surface area contributed by atoms with Crippen molar-refractivity contribution in [1.82, 2.24) is 10.2 Å². The lowest BCUT2D eigenvalue weighted by Gasteiger charge is -2.44. The highest BCUT2D eigenvalue weighted by molar-refractivity contribution is 9.10. The number of hydrogen-bond acceptors (Lipinski definition) is 3. The number of halogens is 1. The van der Waals surface area contributed by atoms with Crippen molar-refractivity contribution < 1.29 is 4.74 Å². The highest BCUT2D eigenvalue weighted by Crippen LogP contribution is 2.28. The summed E-state index contributed by atoms with van der Waals surface area (Å²) in [6, 6.07) is 7.26. The maximum atomic E-state index is 5.35. The molecule has 1 aromatic carbocycles. The summed E-state index contributed by atoms with van der Waals surface area (Å²) in [5, 5.41) is 3.68. The maximum absolute atomic E-state index is 5.35. The molecule has 118 valence electrons. The molecule has 0 aromatic heterocycles. The predicted molar refractivity (Wildman–Crippen MR) is 91.8 cm³/mol. The number of piperazine rings is 1. The van der Waals surface area contributed by atoms with Crippen molar-refractivity contribution in [3.63, 3.8) is 0 Å². The maximum Gasteiger partial charge on any atom is 0.119 e. The topological polar surface area (TPSA) is 24.5 Å². The van der Waals surface area contributed by atoms with Crippen molar-refractivity contribution in [3.8, 4) is 5.75 Å². The van der Waals surface area contributed by atoms with E-state index >= 15 is 0 Å². The van der Waals surface area contributed by atoms with E-state index in [2.05, 4.69) is 66.0 Å². The van der Waals surface area contributed by atoms with Gasteiger partial charge in [-0.15, -0.1) is 0 Å². The van der Waals surface area contributed by atoms with Crippen LogP contribution in [0.2, 0.25) is 0 Å². The van der Waals surface area contributed by atoms with E-state index in [1.165, 1.54) is 5.56 Å². The minimum absolute atomic E-state index is 0.282. The Morgan fingerprint density at radius 2 is 2.10 bits per heavy atom. The molecule has 21 heavy (non-hydrogen) atoms. The first-order valence-corrected chi connectivity index (χ1v) is 8.40. The minimum Gasteiger partial charge on any atom is -0.497 e. The quantitative estimate of drug-likeness (QED) is 0.896. The molecule has 1 fully saturated rings. The van der Waals surface area contributed by atoms with Gasteiger partial charge in [-0.3, -0.25) is 4.90 Å². The van der Waals surface area contributed by atoms with Gasteiger partial charge in [0, 0.05) is 36.2 Å². The van der Waals surface area contributed by atoms with Gasteiger partial charge in [-0.2, -0.15) is 0 Å². The van der Waals surface area contributed by atoms with Crippen LogP contribution < -0.4 is 10.1 Å². The van der Waals surface area contributed by atoms with Crippen LogP contribution in [0, 0.1) is 5.41 Å². The second-order valence-electron chi connectivity index (χ2n) is 7.06. The van der Waals surface area contributed by atoms with E-state index in [-0.39, 0.29) is 5.41 Å². The molecule has 1 aromatic rings. The van der Waals surface area contributed by atoms with E-state index in [0.717, 1.165) is 29.9 Å². The summed E-state index contributed by atoms with van der Waals surface area (Å²) in [5.41, 5.74) is 1.57. The third-order valence-corrected chi connectivity index (χ3v) is 5.15. The number of ether oxygens (including phenoxy) is 1. The van der Waals surface area contributed by atoms with Crippen LogP contribution in [0.5, 0.6) is 5.75 Å². The van der Waals surface area contributed by atoms with Gasteiger partial charge < -0.3 is 10.1 Å². The Balaban J connectivity index is 2.13. The Morgan fingerprint density at radius 3 is 2.71 bits per heavy atom. The number of methoxy groups -OCH3 is 1. The first-order valence-electron chi connectivity index (χ1n) is 7.61. The lowest BCUT2D eigenvalue weighted by molar-refractivity contribution is 0.0875. The number of nitrogens with zero attached hydrogens (tertiary/aromatic N) is 1. The van der Waals surface area contributed by atoms with Crippen molar-refractivity contribution in [2.75, 3.05) is 20.2 Å². The molecule has 0 aliphatic carbocycles. The SMILES string of the molecule is COc1ccc(Br)c(CN2CC(C(C)(C)C)NCC2C)c1. The van der Waals surface area contributed by atoms with E-state index in [0.29, 0.717) is 12.1 Å². The summed E-state index contributed by atoms with van der Waals surface area (Å²) in [6.07, 6.45) is 0. The van der Waals surface area contributed by atoms with Crippen molar-refractivity contribution >= 4 is 15.9 Å². The van der Waals surface area contributed by atoms with Crippen LogP contribution in [-0.2, 0) is 6.54 Å². The third-order valence-electron chi connectivity index (χ3n) is 4.37. The molecular formula is C17H27BrN2O. The molecule has 1 aliphatic rings. The predicted octanol–water partition coefficient (Wildman–Crippen LogP) is 3.67. The van der Waals surface area contributed by atoms with E-state index in [1.54, 1.807) is 7.11 Å². The zero-order valence-corrected chi connectivity index (χ0v) is 15.3. The van der Waals surface area contributed by atoms with Gasteiger partial charge in [0.2, 0.25) is 0 Å². The van der Waals surface area contributed by atoms with Gasteiger partial charge in [0.1, 0.15) is 5.75 Å². The second-order valence-corrected chi connectivity index (χ2v) is 7.92. The fraction of sp³-hybridized carbons (Fsp3) is 0.647. The second kappa shape index (κ2) is 6.67. The molecule has 2 atom stereocenters. The zero-order chi connectivity index (χ0) is 15.6. The van der Waals surface area contributed by atoms with E-state index in [4.69, 9.17) is 4.74 Å². The minimum atomic E-state index is 0.282. The van der Waals surface area contributed by atoms with Crippen LogP contribution in [0.15, 0.2) is 22.7 Å². The summed E-state index contributed by atoms with van der Waals surface area (Å²) in [6.45, 7) is 12.3. The Kier molecular flexibility index (Phi) is 5.33. The third kappa shape index (κ3) is 4.21. The van der Waals surface area contributed by atoms with Crippen molar-refractivity contribution in [1.29, 1.82) is 0 Å². The van der Waals surface area contributed by atoms with Crippen LogP contribution in [-0.4, -0.2) is 37.2 Å². The lowest BCUT2D eigenvalue weighted by Crippen LogP contribution is -2.59. The number of nitrogens with one attached hydrogen (secondary N) is 1. The van der Waals surface area contributed by atoms with Gasteiger partial charge in [0.05, 0.1) is 7.11 Å². The van der Waals surface area contributed by atoms with Gasteiger partial charge in [0.25, 0.3) is 0 Å². The fourth-order valence-corrected chi connectivity index (χ4v) is 3.11. The van der Waals surface area contributed by atoms with Crippen LogP contribution >= 0.6 is 15.9 Å². The largest absolute Gasteiger partial charge is 0.497 e. The molecule has 2 unspecified atom stereocenters. The summed E-state index contributed by atoms with van der Waals surface area (Å²) in [5.74, 6) is 0.920. The van der Waals surface area contributed by atoms with Gasteiger partial charge in [-0.1, -0.05) is 36.7 Å². The molecule has 0 bridgehead atoms. The Bertz CT molecular complexity index is 484. The summed E-state index contributed by atoms with van der Waals surface area (Å²) in [4.78, 5) is 2.56. The molecule has 1 N–H and O–H groups in total. The number of rotatable bonds is 3. The molecule has 1 saturated heterocycles. The average molecular weight is 355 g/mol. The molecule has 1 heterocycles. The standard InChI is InChI=1S/C17H27BrN2O/c1-12-9-19-16(17(2,3)4)11-20(12)10-13-8-14(21-5)6-7-15(13)18/h6-8,12,16,19H,9-11H2,1-5H3. The fourth-order valence-electron chi connectivity index (χ4n) is 2.74. The number of benzene rings is 1. The molecule has 4 heteroatoms. The molecule has 0 amide bonds. The monoisotopic (exact) mass is 354 g/mol. The normalized spacial score (nSPS) is 24.1. The molecule has 2 rings (SSSR count). The first-order chi connectivity index (χ1) is 9.81. The van der Waals surface area contributed by atoms with E-state index in [1.807, 2.05) is 6.07 Å². The van der Waals surface area contributed by atoms with Crippen LogP contribution in [0.4, 0.5) is 0 Å². The van der Waals surface area contributed by atoms with Crippen LogP contribution in [0.3, 0.4) is 0 Å². The lowest BCUT2D eigenvalue weighted by atomic mass is 9.84. The Hall–Kier alpha value is -0.580. The molecule has 0 spiro atoms. The molecule has 0 saturated carbocycles. The summed E-state index contributed by atoms with van der Waals surface area (Å²) in [7, 11) is 1.72. The van der Waals surface area contributed by atoms with Gasteiger partial charge >= 0.3 is 0 Å². The highest BCUT2D eigenvalue weighted by atomic mass is 79.9. The Labute approximate surface area is 137 Å². The highest BCUT2D eigenvalue weighted by Gasteiger charge is 2.32. The van der Waals surface area contributed by atoms with Crippen molar-refractivity contribution in [2.45, 2.75) is 46.3 Å². The van der Waals surface area contributed by atoms with Crippen LogP contribution in [0.1, 0.15) is 33.3 Å². The number of hydrogen-bond donors (Lipinski definition) is 1. The van der Waals surface area contributed by atoms with Gasteiger partial charge in [-0.25, -0.2) is 0 Å². The molecule has 1 aliphatic heterocycles. The molecular weight excluding hydrogens is 328 g/mol. The van der Waals surface area contributed by atoms with E-state index < -0.39 is 0 Å². The van der Waals surface area contributed by atoms with E-state index in [9.17, 15) is 0 Å². The zero-order valence-electron chi connectivity index (χ0n) is 13.7. The average Bonchev–Trinajstić information content (AvgIpc) is 2.42. The summed E-state index contributed by atoms with van der Waals surface area (Å²) >= 11 is 3.66. The van der Waals surface area contributed by atoms with Gasteiger partial charge in [0.15, 0.2) is 0 Å². The molecule has 0 radical (unpaired) electrons. The molecule has 3 nitrogen and oxygen atoms in total. The van der Waals surface area contributed by atoms with Gasteiger partial charge in [-0.05, 0) is 36.1 Å². The first kappa shape index (κ1) is 16.8. The smallest absolute Gasteiger partial charge is 0.119 e.